The molecule has 0 atom stereocenters. The molecule has 0 amide bonds. The maximum absolute atomic E-state index is 5.19. The molecule has 0 aromatic carbocycles. The summed E-state index contributed by atoms with van der Waals surface area (Å²) in [5.74, 6) is 0.958. The highest BCUT2D eigenvalue weighted by atomic mass is 32.1. The largest absolute Gasteiger partial charge is 0.346 e. The van der Waals surface area contributed by atoms with Gasteiger partial charge in [-0.3, -0.25) is 0 Å². The molecule has 0 saturated heterocycles. The molecule has 84 valence electrons. The monoisotopic (exact) mass is 224 g/mol. The number of hydrogen-bond acceptors (Lipinski definition) is 2. The first-order valence-electron chi connectivity index (χ1n) is 5.23. The third-order valence-electron chi connectivity index (χ3n) is 2.26. The first-order valence-corrected chi connectivity index (χ1v) is 5.64. The lowest BCUT2D eigenvalue weighted by molar-refractivity contribution is 0.512. The van der Waals surface area contributed by atoms with Crippen molar-refractivity contribution in [2.75, 3.05) is 0 Å². The molecule has 0 fully saturated rings. The smallest absolute Gasteiger partial charge is 0.130 e. The summed E-state index contributed by atoms with van der Waals surface area (Å²) in [6.07, 6.45) is 0. The van der Waals surface area contributed by atoms with Gasteiger partial charge in [-0.1, -0.05) is 53.8 Å². The second-order valence-electron chi connectivity index (χ2n) is 5.98. The van der Waals surface area contributed by atoms with Gasteiger partial charge in [0.25, 0.3) is 0 Å². The van der Waals surface area contributed by atoms with E-state index in [1.807, 2.05) is 6.07 Å². The highest BCUT2D eigenvalue weighted by Crippen LogP contribution is 2.24. The van der Waals surface area contributed by atoms with Gasteiger partial charge >= 0.3 is 0 Å². The Hall–Kier alpha value is -0.700. The van der Waals surface area contributed by atoms with Crippen molar-refractivity contribution in [3.05, 3.63) is 22.2 Å². The number of aromatic nitrogens is 2. The van der Waals surface area contributed by atoms with E-state index in [4.69, 9.17) is 12.2 Å². The van der Waals surface area contributed by atoms with Crippen molar-refractivity contribution in [1.29, 1.82) is 0 Å². The van der Waals surface area contributed by atoms with Crippen molar-refractivity contribution >= 4 is 12.2 Å². The lowest BCUT2D eigenvalue weighted by Gasteiger charge is -2.23. The van der Waals surface area contributed by atoms with E-state index in [2.05, 4.69) is 51.5 Å². The third kappa shape index (κ3) is 3.13. The fourth-order valence-corrected chi connectivity index (χ4v) is 1.43. The first-order chi connectivity index (χ1) is 6.60. The standard InChI is InChI=1S/C12H20N2S/c1-11(2,3)8-7-9(15)14-10(13-8)12(4,5)6/h7H,1-6H3,(H,13,14,15). The van der Waals surface area contributed by atoms with Crippen LogP contribution in [0.5, 0.6) is 0 Å². The second kappa shape index (κ2) is 3.71. The molecule has 0 bridgehead atoms. The number of H-pyrrole nitrogens is 1. The molecule has 2 nitrogen and oxygen atoms in total. The third-order valence-corrected chi connectivity index (χ3v) is 2.47. The van der Waals surface area contributed by atoms with Gasteiger partial charge < -0.3 is 4.98 Å². The van der Waals surface area contributed by atoms with Crippen molar-refractivity contribution in [3.8, 4) is 0 Å². The van der Waals surface area contributed by atoms with E-state index in [1.54, 1.807) is 0 Å². The molecule has 0 aliphatic carbocycles. The topological polar surface area (TPSA) is 28.7 Å². The van der Waals surface area contributed by atoms with Crippen molar-refractivity contribution in [3.63, 3.8) is 0 Å². The lowest BCUT2D eigenvalue weighted by atomic mass is 9.90. The predicted octanol–water partition coefficient (Wildman–Crippen LogP) is 3.73. The van der Waals surface area contributed by atoms with E-state index in [0.29, 0.717) is 4.64 Å². The molecule has 0 aliphatic heterocycles. The van der Waals surface area contributed by atoms with E-state index in [9.17, 15) is 0 Å². The summed E-state index contributed by atoms with van der Waals surface area (Å²) in [5.41, 5.74) is 1.23. The fourth-order valence-electron chi connectivity index (χ4n) is 1.22. The zero-order valence-electron chi connectivity index (χ0n) is 10.4. The molecule has 1 heterocycles. The number of hydrogen-bond donors (Lipinski definition) is 1. The normalized spacial score (nSPS) is 12.9. The molecular weight excluding hydrogens is 204 g/mol. The highest BCUT2D eigenvalue weighted by Gasteiger charge is 2.20. The Labute approximate surface area is 97.1 Å². The van der Waals surface area contributed by atoms with E-state index in [1.165, 1.54) is 0 Å². The van der Waals surface area contributed by atoms with E-state index in [0.717, 1.165) is 11.5 Å². The number of nitrogens with one attached hydrogen (secondary N) is 1. The Morgan fingerprint density at radius 1 is 1.07 bits per heavy atom. The minimum atomic E-state index is 0.00875. The SMILES string of the molecule is CC(C)(C)c1cc(=S)nc(C(C)(C)C)[nH]1. The Morgan fingerprint density at radius 2 is 1.60 bits per heavy atom. The average Bonchev–Trinajstić information content (AvgIpc) is 1.99. The van der Waals surface area contributed by atoms with Crippen LogP contribution >= 0.6 is 12.2 Å². The minimum absolute atomic E-state index is 0.00875. The van der Waals surface area contributed by atoms with Crippen LogP contribution in [0.15, 0.2) is 6.07 Å². The van der Waals surface area contributed by atoms with Crippen LogP contribution in [0.1, 0.15) is 53.1 Å². The van der Waals surface area contributed by atoms with E-state index < -0.39 is 0 Å². The second-order valence-corrected chi connectivity index (χ2v) is 6.40. The summed E-state index contributed by atoms with van der Waals surface area (Å²) >= 11 is 5.19. The Balaban J connectivity index is 3.36. The maximum atomic E-state index is 5.19. The molecular formula is C12H20N2S. The quantitative estimate of drug-likeness (QED) is 0.680. The summed E-state index contributed by atoms with van der Waals surface area (Å²) in [7, 11) is 0. The van der Waals surface area contributed by atoms with Gasteiger partial charge in [-0.25, -0.2) is 4.98 Å². The summed E-state index contributed by atoms with van der Waals surface area (Å²) in [5, 5.41) is 0. The minimum Gasteiger partial charge on any atom is -0.346 e. The van der Waals surface area contributed by atoms with Gasteiger partial charge in [0.1, 0.15) is 10.5 Å². The summed E-state index contributed by atoms with van der Waals surface area (Å²) in [4.78, 5) is 7.77. The van der Waals surface area contributed by atoms with Crippen LogP contribution in [-0.2, 0) is 10.8 Å². The lowest BCUT2D eigenvalue weighted by Crippen LogP contribution is -2.21. The van der Waals surface area contributed by atoms with E-state index in [-0.39, 0.29) is 10.8 Å². The molecule has 0 aliphatic rings. The number of rotatable bonds is 0. The summed E-state index contributed by atoms with van der Waals surface area (Å²) < 4.78 is 0.670. The predicted molar refractivity (Wildman–Crippen MR) is 66.8 cm³/mol. The van der Waals surface area contributed by atoms with Crippen LogP contribution in [0.2, 0.25) is 0 Å². The van der Waals surface area contributed by atoms with Crippen molar-refractivity contribution < 1.29 is 0 Å². The van der Waals surface area contributed by atoms with Crippen molar-refractivity contribution in [2.24, 2.45) is 0 Å². The molecule has 0 spiro atoms. The van der Waals surface area contributed by atoms with Crippen LogP contribution in [-0.4, -0.2) is 9.97 Å². The Kier molecular flexibility index (Phi) is 3.06. The number of aromatic amines is 1. The molecule has 1 N–H and O–H groups in total. The van der Waals surface area contributed by atoms with Crippen LogP contribution < -0.4 is 0 Å². The molecule has 15 heavy (non-hydrogen) atoms. The van der Waals surface area contributed by atoms with Gasteiger partial charge in [0.15, 0.2) is 0 Å². The zero-order chi connectivity index (χ0) is 11.9. The van der Waals surface area contributed by atoms with Crippen LogP contribution in [0.3, 0.4) is 0 Å². The summed E-state index contributed by atoms with van der Waals surface area (Å²) in [6.45, 7) is 12.9. The molecule has 0 saturated carbocycles. The maximum Gasteiger partial charge on any atom is 0.130 e. The van der Waals surface area contributed by atoms with E-state index >= 15 is 0 Å². The molecule has 0 radical (unpaired) electrons. The van der Waals surface area contributed by atoms with Gasteiger partial charge in [-0.15, -0.1) is 0 Å². The molecule has 1 aromatic heterocycles. The molecule has 1 aromatic rings. The van der Waals surface area contributed by atoms with Crippen LogP contribution in [0.4, 0.5) is 0 Å². The first kappa shape index (κ1) is 12.4. The number of nitrogens with zero attached hydrogens (tertiary/aromatic N) is 1. The van der Waals surface area contributed by atoms with Crippen molar-refractivity contribution in [1.82, 2.24) is 9.97 Å². The zero-order valence-corrected chi connectivity index (χ0v) is 11.2. The van der Waals surface area contributed by atoms with Crippen LogP contribution in [0, 0.1) is 4.64 Å². The van der Waals surface area contributed by atoms with Gasteiger partial charge in [-0.05, 0) is 6.07 Å². The molecule has 3 heteroatoms. The van der Waals surface area contributed by atoms with Crippen LogP contribution in [0.25, 0.3) is 0 Å². The summed E-state index contributed by atoms with van der Waals surface area (Å²) in [6, 6.07) is 1.95. The Morgan fingerprint density at radius 3 is 2.00 bits per heavy atom. The fraction of sp³-hybridized carbons (Fsp3) is 0.667. The Bertz CT molecular complexity index is 370. The highest BCUT2D eigenvalue weighted by molar-refractivity contribution is 7.71. The molecule has 1 rings (SSSR count). The van der Waals surface area contributed by atoms with Gasteiger partial charge in [0.05, 0.1) is 0 Å². The average molecular weight is 224 g/mol. The molecule has 0 unspecified atom stereocenters. The van der Waals surface area contributed by atoms with Gasteiger partial charge in [-0.2, -0.15) is 0 Å². The van der Waals surface area contributed by atoms with Gasteiger partial charge in [0, 0.05) is 16.5 Å². The van der Waals surface area contributed by atoms with Gasteiger partial charge in [0.2, 0.25) is 0 Å². The van der Waals surface area contributed by atoms with Crippen molar-refractivity contribution in [2.45, 2.75) is 52.4 Å².